The lowest BCUT2D eigenvalue weighted by Gasteiger charge is -2.20. The van der Waals surface area contributed by atoms with E-state index >= 15 is 0 Å². The molecule has 1 N–H and O–H groups in total. The van der Waals surface area contributed by atoms with Gasteiger partial charge in [-0.25, -0.2) is 0 Å². The summed E-state index contributed by atoms with van der Waals surface area (Å²) in [5.41, 5.74) is -0.166. The fourth-order valence-electron chi connectivity index (χ4n) is 2.12. The molecule has 116 valence electrons. The van der Waals surface area contributed by atoms with Crippen LogP contribution in [0.25, 0.3) is 0 Å². The van der Waals surface area contributed by atoms with E-state index < -0.39 is 10.3 Å². The monoisotopic (exact) mass is 296 g/mol. The molecule has 1 unspecified atom stereocenters. The average molecular weight is 296 g/mol. The van der Waals surface area contributed by atoms with Crippen molar-refractivity contribution < 1.29 is 14.5 Å². The number of hydrogen-bond donors (Lipinski definition) is 1. The first-order valence-electron chi connectivity index (χ1n) is 6.83. The highest BCUT2D eigenvalue weighted by molar-refractivity contribution is 5.75. The minimum absolute atomic E-state index is 0.00476. The van der Waals surface area contributed by atoms with E-state index in [1.165, 1.54) is 6.20 Å². The van der Waals surface area contributed by atoms with E-state index in [1.807, 2.05) is 0 Å². The minimum Gasteiger partial charge on any atom is -0.446 e. The standard InChI is InChI=1S/C13H20N4O4/c1-8-10(17(19)20)7-16(15-8)9-5-11(14-6-9)21-12(18)13(2,3)4/h7,9,11,14H,5-6H2,1-4H3/t9-,11?/m0/s1. The number of carbonyl (C=O) groups excluding carboxylic acids is 1. The molecule has 8 heteroatoms. The Labute approximate surface area is 122 Å². The van der Waals surface area contributed by atoms with Crippen LogP contribution in [0, 0.1) is 22.5 Å². The van der Waals surface area contributed by atoms with Crippen molar-refractivity contribution in [2.75, 3.05) is 6.54 Å². The van der Waals surface area contributed by atoms with Crippen LogP contribution in [0.5, 0.6) is 0 Å². The van der Waals surface area contributed by atoms with Gasteiger partial charge in [-0.3, -0.25) is 24.9 Å². The average Bonchev–Trinajstić information content (AvgIpc) is 2.94. The maximum Gasteiger partial charge on any atom is 0.312 e. The smallest absolute Gasteiger partial charge is 0.312 e. The van der Waals surface area contributed by atoms with E-state index in [4.69, 9.17) is 4.74 Å². The van der Waals surface area contributed by atoms with Gasteiger partial charge in [0, 0.05) is 13.0 Å². The summed E-state index contributed by atoms with van der Waals surface area (Å²) in [6, 6.07) is -0.0600. The lowest BCUT2D eigenvalue weighted by atomic mass is 9.97. The van der Waals surface area contributed by atoms with Crippen LogP contribution in [0.2, 0.25) is 0 Å². The summed E-state index contributed by atoms with van der Waals surface area (Å²) < 4.78 is 6.96. The SMILES string of the molecule is Cc1nn([C@@H]2CNC(OC(=O)C(C)(C)C)C2)cc1[N+](=O)[O-]. The topological polar surface area (TPSA) is 99.3 Å². The molecule has 0 radical (unpaired) electrons. The summed E-state index contributed by atoms with van der Waals surface area (Å²) in [5.74, 6) is -0.275. The van der Waals surface area contributed by atoms with Gasteiger partial charge in [0.2, 0.25) is 0 Å². The van der Waals surface area contributed by atoms with Gasteiger partial charge >= 0.3 is 11.7 Å². The molecule has 2 rings (SSSR count). The predicted molar refractivity (Wildman–Crippen MR) is 74.6 cm³/mol. The van der Waals surface area contributed by atoms with E-state index in [9.17, 15) is 14.9 Å². The third kappa shape index (κ3) is 3.38. The maximum absolute atomic E-state index is 11.8. The molecule has 1 aromatic heterocycles. The third-order valence-electron chi connectivity index (χ3n) is 3.39. The van der Waals surface area contributed by atoms with Crippen molar-refractivity contribution in [2.24, 2.45) is 5.41 Å². The number of ether oxygens (including phenoxy) is 1. The van der Waals surface area contributed by atoms with Crippen molar-refractivity contribution in [3.63, 3.8) is 0 Å². The minimum atomic E-state index is -0.555. The molecule has 1 aliphatic heterocycles. The van der Waals surface area contributed by atoms with Gasteiger partial charge < -0.3 is 4.74 Å². The Hall–Kier alpha value is -1.96. The zero-order valence-electron chi connectivity index (χ0n) is 12.6. The van der Waals surface area contributed by atoms with Gasteiger partial charge in [-0.05, 0) is 27.7 Å². The van der Waals surface area contributed by atoms with Crippen molar-refractivity contribution in [2.45, 2.75) is 46.4 Å². The Kier molecular flexibility index (Phi) is 3.99. The van der Waals surface area contributed by atoms with Crippen LogP contribution in [0.4, 0.5) is 5.69 Å². The summed E-state index contributed by atoms with van der Waals surface area (Å²) in [4.78, 5) is 22.2. The summed E-state index contributed by atoms with van der Waals surface area (Å²) in [6.45, 7) is 7.54. The second-order valence-corrected chi connectivity index (χ2v) is 6.28. The lowest BCUT2D eigenvalue weighted by Crippen LogP contribution is -2.33. The number of esters is 1. The number of nitrogens with one attached hydrogen (secondary N) is 1. The molecular weight excluding hydrogens is 276 g/mol. The normalized spacial score (nSPS) is 22.3. The first kappa shape index (κ1) is 15.4. The molecule has 1 aromatic rings. The van der Waals surface area contributed by atoms with Gasteiger partial charge in [0.15, 0.2) is 6.23 Å². The van der Waals surface area contributed by atoms with Crippen molar-refractivity contribution in [1.29, 1.82) is 0 Å². The molecule has 0 amide bonds. The Morgan fingerprint density at radius 2 is 2.24 bits per heavy atom. The number of hydrogen-bond acceptors (Lipinski definition) is 6. The highest BCUT2D eigenvalue weighted by Gasteiger charge is 2.33. The molecular formula is C13H20N4O4. The van der Waals surface area contributed by atoms with E-state index in [-0.39, 0.29) is 23.9 Å². The second kappa shape index (κ2) is 5.44. The fourth-order valence-corrected chi connectivity index (χ4v) is 2.12. The van der Waals surface area contributed by atoms with Gasteiger partial charge in [-0.2, -0.15) is 5.10 Å². The maximum atomic E-state index is 11.8. The van der Waals surface area contributed by atoms with E-state index in [0.717, 1.165) is 0 Å². The molecule has 1 aliphatic rings. The Morgan fingerprint density at radius 3 is 2.76 bits per heavy atom. The van der Waals surface area contributed by atoms with Gasteiger partial charge in [0.05, 0.1) is 16.4 Å². The number of nitrogens with zero attached hydrogens (tertiary/aromatic N) is 3. The Balaban J connectivity index is 2.01. The van der Waals surface area contributed by atoms with Gasteiger partial charge in [-0.1, -0.05) is 0 Å². The van der Waals surface area contributed by atoms with Crippen LogP contribution in [0.15, 0.2) is 6.20 Å². The molecule has 8 nitrogen and oxygen atoms in total. The second-order valence-electron chi connectivity index (χ2n) is 6.28. The third-order valence-corrected chi connectivity index (χ3v) is 3.39. The van der Waals surface area contributed by atoms with Gasteiger partial charge in [-0.15, -0.1) is 0 Å². The zero-order chi connectivity index (χ0) is 15.8. The van der Waals surface area contributed by atoms with Crippen molar-refractivity contribution in [3.05, 3.63) is 22.0 Å². The zero-order valence-corrected chi connectivity index (χ0v) is 12.6. The molecule has 2 heterocycles. The molecule has 0 bridgehead atoms. The van der Waals surface area contributed by atoms with Crippen molar-refractivity contribution in [1.82, 2.24) is 15.1 Å². The van der Waals surface area contributed by atoms with Crippen LogP contribution in [-0.2, 0) is 9.53 Å². The van der Waals surface area contributed by atoms with Crippen molar-refractivity contribution >= 4 is 11.7 Å². The molecule has 0 aromatic carbocycles. The Morgan fingerprint density at radius 1 is 1.57 bits per heavy atom. The lowest BCUT2D eigenvalue weighted by molar-refractivity contribution is -0.385. The van der Waals surface area contributed by atoms with E-state index in [1.54, 1.807) is 32.4 Å². The number of aromatic nitrogens is 2. The summed E-state index contributed by atoms with van der Waals surface area (Å²) in [5, 5.41) is 18.1. The van der Waals surface area contributed by atoms with Crippen LogP contribution in [0.3, 0.4) is 0 Å². The molecule has 0 aliphatic carbocycles. The molecule has 21 heavy (non-hydrogen) atoms. The van der Waals surface area contributed by atoms with Crippen LogP contribution >= 0.6 is 0 Å². The summed E-state index contributed by atoms with van der Waals surface area (Å²) in [6.07, 6.45) is 1.58. The number of carbonyl (C=O) groups is 1. The first-order valence-corrected chi connectivity index (χ1v) is 6.83. The predicted octanol–water partition coefficient (Wildman–Crippen LogP) is 1.55. The highest BCUT2D eigenvalue weighted by atomic mass is 16.6. The molecule has 2 atom stereocenters. The first-order chi connectivity index (χ1) is 9.68. The van der Waals surface area contributed by atoms with Crippen LogP contribution < -0.4 is 5.32 Å². The molecule has 1 fully saturated rings. The quantitative estimate of drug-likeness (QED) is 0.516. The number of aryl methyl sites for hydroxylation is 1. The molecule has 0 saturated carbocycles. The number of nitro groups is 1. The van der Waals surface area contributed by atoms with Gasteiger partial charge in [0.1, 0.15) is 11.9 Å². The van der Waals surface area contributed by atoms with Crippen LogP contribution in [0.1, 0.15) is 38.9 Å². The van der Waals surface area contributed by atoms with Crippen molar-refractivity contribution in [3.8, 4) is 0 Å². The highest BCUT2D eigenvalue weighted by Crippen LogP contribution is 2.26. The van der Waals surface area contributed by atoms with E-state index in [2.05, 4.69) is 10.4 Å². The largest absolute Gasteiger partial charge is 0.446 e. The van der Waals surface area contributed by atoms with E-state index in [0.29, 0.717) is 18.7 Å². The number of rotatable bonds is 3. The fraction of sp³-hybridized carbons (Fsp3) is 0.692. The Bertz CT molecular complexity index is 561. The summed E-state index contributed by atoms with van der Waals surface area (Å²) in [7, 11) is 0. The van der Waals surface area contributed by atoms with Crippen LogP contribution in [-0.4, -0.2) is 33.4 Å². The van der Waals surface area contributed by atoms with Gasteiger partial charge in [0.25, 0.3) is 0 Å². The summed E-state index contributed by atoms with van der Waals surface area (Å²) >= 11 is 0. The molecule has 1 saturated heterocycles. The molecule has 0 spiro atoms.